The topological polar surface area (TPSA) is 71.5 Å². The number of rotatable bonds is 4. The van der Waals surface area contributed by atoms with Crippen molar-refractivity contribution >= 4 is 19.9 Å². The molecule has 1 fully saturated rings. The molecule has 1 heterocycles. The normalized spacial score (nSPS) is 19.3. The average Bonchev–Trinajstić information content (AvgIpc) is 3.13. The highest BCUT2D eigenvalue weighted by Crippen LogP contribution is 2.36. The van der Waals surface area contributed by atoms with Gasteiger partial charge in [-0.05, 0) is 30.7 Å². The second-order valence-electron chi connectivity index (χ2n) is 6.13. The van der Waals surface area contributed by atoms with Crippen molar-refractivity contribution in [3.05, 3.63) is 60.2 Å². The van der Waals surface area contributed by atoms with E-state index in [-0.39, 0.29) is 24.4 Å². The third kappa shape index (κ3) is 3.74. The maximum Gasteiger partial charge on any atom is 0.417 e. The van der Waals surface area contributed by atoms with Gasteiger partial charge in [-0.25, -0.2) is 16.8 Å². The van der Waals surface area contributed by atoms with Crippen molar-refractivity contribution < 1.29 is 30.0 Å². The van der Waals surface area contributed by atoms with Crippen molar-refractivity contribution in [2.45, 2.75) is 27.6 Å². The summed E-state index contributed by atoms with van der Waals surface area (Å²) in [5.41, 5.74) is -1.26. The number of sulfone groups is 1. The summed E-state index contributed by atoms with van der Waals surface area (Å²) < 4.78 is 91.2. The van der Waals surface area contributed by atoms with Crippen LogP contribution >= 0.6 is 0 Å². The van der Waals surface area contributed by atoms with Crippen molar-refractivity contribution in [3.8, 4) is 0 Å². The number of hydrogen-bond acceptors (Lipinski definition) is 4. The van der Waals surface area contributed by atoms with Crippen LogP contribution in [0.25, 0.3) is 0 Å². The molecule has 2 aromatic carbocycles. The van der Waals surface area contributed by atoms with Gasteiger partial charge in [-0.2, -0.15) is 17.5 Å². The third-order valence-corrected chi connectivity index (χ3v) is 8.54. The summed E-state index contributed by atoms with van der Waals surface area (Å²) in [6, 6.07) is 11.5. The summed E-state index contributed by atoms with van der Waals surface area (Å²) >= 11 is 0. The maximum atomic E-state index is 13.2. The SMILES string of the molecule is O=S(=O)(c1ccccc1)C1CCN(S(=O)(=O)c2ccccc2C(F)(F)F)C1. The van der Waals surface area contributed by atoms with Gasteiger partial charge >= 0.3 is 6.18 Å². The largest absolute Gasteiger partial charge is 0.417 e. The number of halogens is 3. The van der Waals surface area contributed by atoms with Gasteiger partial charge in [0, 0.05) is 13.1 Å². The first-order valence-corrected chi connectivity index (χ1v) is 11.0. The molecule has 10 heteroatoms. The minimum Gasteiger partial charge on any atom is -0.223 e. The quantitative estimate of drug-likeness (QED) is 0.764. The zero-order valence-corrected chi connectivity index (χ0v) is 15.6. The van der Waals surface area contributed by atoms with Crippen LogP contribution in [0.2, 0.25) is 0 Å². The summed E-state index contributed by atoms with van der Waals surface area (Å²) in [6.07, 6.45) is -4.82. The first kappa shape index (κ1) is 19.8. The molecule has 0 saturated carbocycles. The fraction of sp³-hybridized carbons (Fsp3) is 0.294. The molecule has 0 amide bonds. The molecule has 5 nitrogen and oxygen atoms in total. The van der Waals surface area contributed by atoms with Gasteiger partial charge in [0.05, 0.1) is 20.6 Å². The molecular formula is C17H16F3NO4S2. The molecule has 0 aliphatic carbocycles. The molecule has 27 heavy (non-hydrogen) atoms. The molecule has 0 N–H and O–H groups in total. The predicted octanol–water partition coefficient (Wildman–Crippen LogP) is 2.94. The van der Waals surface area contributed by atoms with E-state index in [1.807, 2.05) is 0 Å². The lowest BCUT2D eigenvalue weighted by Crippen LogP contribution is -2.33. The van der Waals surface area contributed by atoms with Gasteiger partial charge in [0.25, 0.3) is 0 Å². The molecule has 0 bridgehead atoms. The van der Waals surface area contributed by atoms with E-state index in [0.29, 0.717) is 6.07 Å². The molecule has 2 aromatic rings. The molecule has 0 aromatic heterocycles. The number of nitrogens with zero attached hydrogens (tertiary/aromatic N) is 1. The molecule has 0 spiro atoms. The first-order chi connectivity index (χ1) is 12.5. The zero-order valence-electron chi connectivity index (χ0n) is 13.9. The Morgan fingerprint density at radius 1 is 0.889 bits per heavy atom. The van der Waals surface area contributed by atoms with E-state index in [2.05, 4.69) is 0 Å². The fourth-order valence-corrected chi connectivity index (χ4v) is 6.56. The summed E-state index contributed by atoms with van der Waals surface area (Å²) in [5.74, 6) is 0. The van der Waals surface area contributed by atoms with Crippen LogP contribution in [-0.4, -0.2) is 39.5 Å². The Morgan fingerprint density at radius 2 is 1.48 bits per heavy atom. The van der Waals surface area contributed by atoms with Crippen molar-refractivity contribution in [2.24, 2.45) is 0 Å². The summed E-state index contributed by atoms with van der Waals surface area (Å²) in [5, 5.41) is -1.01. The molecule has 1 atom stereocenters. The monoisotopic (exact) mass is 419 g/mol. The van der Waals surface area contributed by atoms with Crippen molar-refractivity contribution in [2.75, 3.05) is 13.1 Å². The van der Waals surface area contributed by atoms with Crippen LogP contribution < -0.4 is 0 Å². The van der Waals surface area contributed by atoms with E-state index >= 15 is 0 Å². The van der Waals surface area contributed by atoms with E-state index in [1.165, 1.54) is 18.2 Å². The van der Waals surface area contributed by atoms with Gasteiger partial charge in [-0.1, -0.05) is 30.3 Å². The average molecular weight is 419 g/mol. The zero-order chi connectivity index (χ0) is 19.9. The number of benzene rings is 2. The molecule has 0 radical (unpaired) electrons. The van der Waals surface area contributed by atoms with Gasteiger partial charge in [-0.15, -0.1) is 0 Å². The Morgan fingerprint density at radius 3 is 2.11 bits per heavy atom. The van der Waals surface area contributed by atoms with Crippen molar-refractivity contribution in [1.29, 1.82) is 0 Å². The van der Waals surface area contributed by atoms with Crippen LogP contribution in [0.5, 0.6) is 0 Å². The second kappa shape index (κ2) is 6.92. The summed E-state index contributed by atoms with van der Waals surface area (Å²) in [4.78, 5) is -0.805. The Labute approximate surface area is 155 Å². The van der Waals surface area contributed by atoms with Crippen LogP contribution in [0, 0.1) is 0 Å². The minimum absolute atomic E-state index is 0.0185. The van der Waals surface area contributed by atoms with Gasteiger partial charge in [-0.3, -0.25) is 0 Å². The van der Waals surface area contributed by atoms with Crippen LogP contribution in [0.4, 0.5) is 13.2 Å². The first-order valence-electron chi connectivity index (χ1n) is 8.00. The fourth-order valence-electron chi connectivity index (χ4n) is 3.04. The van der Waals surface area contributed by atoms with Gasteiger partial charge < -0.3 is 0 Å². The third-order valence-electron chi connectivity index (χ3n) is 4.43. The van der Waals surface area contributed by atoms with E-state index in [0.717, 1.165) is 16.4 Å². The molecule has 1 saturated heterocycles. The van der Waals surface area contributed by atoms with Crippen LogP contribution in [-0.2, 0) is 26.0 Å². The molecule has 3 rings (SSSR count). The number of alkyl halides is 3. The molecule has 1 unspecified atom stereocenters. The lowest BCUT2D eigenvalue weighted by molar-refractivity contribution is -0.139. The second-order valence-corrected chi connectivity index (χ2v) is 10.3. The van der Waals surface area contributed by atoms with Gasteiger partial charge in [0.1, 0.15) is 0 Å². The standard InChI is InChI=1S/C17H16F3NO4S2/c18-17(19,20)15-8-4-5-9-16(15)27(24,25)21-11-10-14(12-21)26(22,23)13-6-2-1-3-7-13/h1-9,14H,10-12H2. The van der Waals surface area contributed by atoms with E-state index < -0.39 is 41.7 Å². The highest BCUT2D eigenvalue weighted by Gasteiger charge is 2.43. The van der Waals surface area contributed by atoms with E-state index in [1.54, 1.807) is 18.2 Å². The van der Waals surface area contributed by atoms with Crippen LogP contribution in [0.1, 0.15) is 12.0 Å². The Bertz CT molecular complexity index is 1040. The van der Waals surface area contributed by atoms with Gasteiger partial charge in [0.15, 0.2) is 9.84 Å². The number of sulfonamides is 1. The molecule has 1 aliphatic rings. The summed E-state index contributed by atoms with van der Waals surface area (Å²) in [7, 11) is -8.26. The van der Waals surface area contributed by atoms with Crippen molar-refractivity contribution in [1.82, 2.24) is 4.31 Å². The maximum absolute atomic E-state index is 13.2. The summed E-state index contributed by atoms with van der Waals surface area (Å²) in [6.45, 7) is -0.545. The Kier molecular flexibility index (Phi) is 5.08. The van der Waals surface area contributed by atoms with Crippen molar-refractivity contribution in [3.63, 3.8) is 0 Å². The molecular weight excluding hydrogens is 403 g/mol. The predicted molar refractivity (Wildman–Crippen MR) is 92.2 cm³/mol. The van der Waals surface area contributed by atoms with Crippen LogP contribution in [0.15, 0.2) is 64.4 Å². The minimum atomic E-state index is -4.83. The number of hydrogen-bond donors (Lipinski definition) is 0. The highest BCUT2D eigenvalue weighted by molar-refractivity contribution is 7.92. The van der Waals surface area contributed by atoms with Gasteiger partial charge in [0.2, 0.25) is 10.0 Å². The lowest BCUT2D eigenvalue weighted by Gasteiger charge is -2.20. The highest BCUT2D eigenvalue weighted by atomic mass is 32.2. The van der Waals surface area contributed by atoms with E-state index in [4.69, 9.17) is 0 Å². The Balaban J connectivity index is 1.92. The van der Waals surface area contributed by atoms with E-state index in [9.17, 15) is 30.0 Å². The lowest BCUT2D eigenvalue weighted by atomic mass is 10.2. The Hall–Kier alpha value is -1.91. The molecule has 1 aliphatic heterocycles. The smallest absolute Gasteiger partial charge is 0.223 e. The van der Waals surface area contributed by atoms with Crippen LogP contribution in [0.3, 0.4) is 0 Å². The molecule has 146 valence electrons.